The molecule has 1 aliphatic heterocycles. The third kappa shape index (κ3) is 4.90. The third-order valence-corrected chi connectivity index (χ3v) is 5.68. The van der Waals surface area contributed by atoms with Crippen LogP contribution in [-0.4, -0.2) is 24.0 Å². The zero-order valence-electron chi connectivity index (χ0n) is 18.2. The van der Waals surface area contributed by atoms with E-state index in [9.17, 15) is 5.11 Å². The molecule has 5 nitrogen and oxygen atoms in total. The summed E-state index contributed by atoms with van der Waals surface area (Å²) in [7, 11) is 0. The summed E-state index contributed by atoms with van der Waals surface area (Å²) in [5, 5.41) is 15.1. The minimum absolute atomic E-state index is 0.143. The van der Waals surface area contributed by atoms with E-state index in [1.54, 1.807) is 6.07 Å². The van der Waals surface area contributed by atoms with Crippen molar-refractivity contribution in [1.82, 2.24) is 5.32 Å². The fraction of sp³-hybridized carbons (Fsp3) is 0.269. The number of benzene rings is 3. The molecule has 0 aromatic heterocycles. The first-order valence-electron chi connectivity index (χ1n) is 10.8. The first-order chi connectivity index (χ1) is 15.6. The van der Waals surface area contributed by atoms with Crippen molar-refractivity contribution < 1.29 is 14.6 Å². The van der Waals surface area contributed by atoms with Crippen molar-refractivity contribution >= 4 is 17.3 Å². The first-order valence-corrected chi connectivity index (χ1v) is 11.2. The number of phenolic OH excluding ortho intramolecular Hbond substituents is 1. The van der Waals surface area contributed by atoms with Crippen molar-refractivity contribution in [2.45, 2.75) is 32.5 Å². The Kier molecular flexibility index (Phi) is 6.98. The molecular formula is C26H27ClN2O3. The Morgan fingerprint density at radius 3 is 2.38 bits per heavy atom. The van der Waals surface area contributed by atoms with Crippen LogP contribution in [0.4, 0.5) is 0 Å². The maximum Gasteiger partial charge on any atom is 0.162 e. The van der Waals surface area contributed by atoms with Gasteiger partial charge >= 0.3 is 0 Å². The van der Waals surface area contributed by atoms with E-state index in [0.717, 1.165) is 28.2 Å². The molecule has 3 aromatic carbocycles. The van der Waals surface area contributed by atoms with Crippen molar-refractivity contribution in [1.29, 1.82) is 0 Å². The molecule has 166 valence electrons. The van der Waals surface area contributed by atoms with Crippen LogP contribution < -0.4 is 14.8 Å². The van der Waals surface area contributed by atoms with Crippen LogP contribution in [0.1, 0.15) is 49.2 Å². The van der Waals surface area contributed by atoms with E-state index in [2.05, 4.69) is 5.32 Å². The highest BCUT2D eigenvalue weighted by atomic mass is 35.5. The molecule has 0 radical (unpaired) electrons. The van der Waals surface area contributed by atoms with Crippen LogP contribution in [-0.2, 0) is 0 Å². The van der Waals surface area contributed by atoms with E-state index in [-0.39, 0.29) is 18.0 Å². The SMILES string of the molecule is CCOc1ccc(C2=N[C@H](c3ccc(Cl)cc3)N[C@H](c3cccc(OCC)c3O)C2)cc1. The highest BCUT2D eigenvalue weighted by Gasteiger charge is 2.28. The van der Waals surface area contributed by atoms with Crippen molar-refractivity contribution in [3.05, 3.63) is 88.4 Å². The number of hydrogen-bond acceptors (Lipinski definition) is 5. The van der Waals surface area contributed by atoms with Gasteiger partial charge in [0.15, 0.2) is 11.5 Å². The molecule has 0 bridgehead atoms. The lowest BCUT2D eigenvalue weighted by molar-refractivity contribution is 0.313. The lowest BCUT2D eigenvalue weighted by atomic mass is 9.93. The largest absolute Gasteiger partial charge is 0.504 e. The number of halogens is 1. The molecular weight excluding hydrogens is 424 g/mol. The number of phenols is 1. The second-order valence-corrected chi connectivity index (χ2v) is 7.97. The van der Waals surface area contributed by atoms with Gasteiger partial charge in [0.1, 0.15) is 11.9 Å². The zero-order chi connectivity index (χ0) is 22.5. The number of ether oxygens (including phenoxy) is 2. The molecule has 3 aromatic rings. The highest BCUT2D eigenvalue weighted by molar-refractivity contribution is 6.30. The molecule has 4 rings (SSSR count). The molecule has 0 fully saturated rings. The van der Waals surface area contributed by atoms with Crippen molar-refractivity contribution in [2.24, 2.45) is 4.99 Å². The van der Waals surface area contributed by atoms with Gasteiger partial charge in [-0.2, -0.15) is 0 Å². The topological polar surface area (TPSA) is 63.1 Å². The zero-order valence-corrected chi connectivity index (χ0v) is 19.0. The van der Waals surface area contributed by atoms with Crippen LogP contribution >= 0.6 is 11.6 Å². The average molecular weight is 451 g/mol. The molecule has 2 N–H and O–H groups in total. The van der Waals surface area contributed by atoms with E-state index >= 15 is 0 Å². The summed E-state index contributed by atoms with van der Waals surface area (Å²) in [4.78, 5) is 5.00. The van der Waals surface area contributed by atoms with Crippen LogP contribution in [0.5, 0.6) is 17.2 Å². The van der Waals surface area contributed by atoms with Crippen LogP contribution in [0.3, 0.4) is 0 Å². The van der Waals surface area contributed by atoms with Crippen LogP contribution in [0, 0.1) is 0 Å². The number of aliphatic imine (C=N–C) groups is 1. The summed E-state index contributed by atoms with van der Waals surface area (Å²) in [6, 6.07) is 21.1. The molecule has 1 heterocycles. The minimum atomic E-state index is -0.275. The summed E-state index contributed by atoms with van der Waals surface area (Å²) in [6.45, 7) is 4.98. The van der Waals surface area contributed by atoms with Gasteiger partial charge in [0, 0.05) is 28.8 Å². The number of nitrogens with one attached hydrogen (secondary N) is 1. The van der Waals surface area contributed by atoms with Crippen LogP contribution in [0.2, 0.25) is 5.02 Å². The predicted octanol–water partition coefficient (Wildman–Crippen LogP) is 6.07. The van der Waals surface area contributed by atoms with Gasteiger partial charge in [-0.3, -0.25) is 10.3 Å². The maximum absolute atomic E-state index is 10.9. The van der Waals surface area contributed by atoms with Gasteiger partial charge in [-0.1, -0.05) is 35.9 Å². The number of aromatic hydroxyl groups is 1. The standard InChI is InChI=1S/C26H27ClN2O3/c1-3-31-20-14-10-17(11-15-20)22-16-23(21-6-5-7-24(25(21)30)32-4-2)29-26(28-22)18-8-12-19(27)13-9-18/h5-15,23,26,29-30H,3-4,16H2,1-2H3/t23-,26-/m0/s1. The van der Waals surface area contributed by atoms with Crippen molar-refractivity contribution in [3.8, 4) is 17.2 Å². The van der Waals surface area contributed by atoms with Crippen molar-refractivity contribution in [3.63, 3.8) is 0 Å². The van der Waals surface area contributed by atoms with Gasteiger partial charge in [-0.15, -0.1) is 0 Å². The summed E-state index contributed by atoms with van der Waals surface area (Å²) < 4.78 is 11.2. The van der Waals surface area contributed by atoms with E-state index < -0.39 is 0 Å². The Balaban J connectivity index is 1.71. The second kappa shape index (κ2) is 10.1. The predicted molar refractivity (Wildman–Crippen MR) is 128 cm³/mol. The number of rotatable bonds is 7. The second-order valence-electron chi connectivity index (χ2n) is 7.54. The fourth-order valence-corrected chi connectivity index (χ4v) is 4.03. The lowest BCUT2D eigenvalue weighted by Gasteiger charge is -2.31. The lowest BCUT2D eigenvalue weighted by Crippen LogP contribution is -2.33. The van der Waals surface area contributed by atoms with E-state index in [1.807, 2.05) is 74.5 Å². The Hall–Kier alpha value is -3.02. The Labute approximate surface area is 193 Å². The number of hydrogen-bond donors (Lipinski definition) is 2. The Morgan fingerprint density at radius 1 is 0.969 bits per heavy atom. The van der Waals surface area contributed by atoms with E-state index in [1.165, 1.54) is 0 Å². The van der Waals surface area contributed by atoms with Gasteiger partial charge in [0.05, 0.1) is 13.2 Å². The summed E-state index contributed by atoms with van der Waals surface area (Å²) in [6.07, 6.45) is 0.351. The molecule has 1 aliphatic rings. The first kappa shape index (κ1) is 22.2. The van der Waals surface area contributed by atoms with Crippen LogP contribution in [0.15, 0.2) is 71.7 Å². The molecule has 0 unspecified atom stereocenters. The third-order valence-electron chi connectivity index (χ3n) is 5.43. The number of nitrogens with zero attached hydrogens (tertiary/aromatic N) is 1. The van der Waals surface area contributed by atoms with E-state index in [0.29, 0.717) is 30.4 Å². The quantitative estimate of drug-likeness (QED) is 0.459. The minimum Gasteiger partial charge on any atom is -0.504 e. The maximum atomic E-state index is 10.9. The van der Waals surface area contributed by atoms with Crippen molar-refractivity contribution in [2.75, 3.05) is 13.2 Å². The molecule has 6 heteroatoms. The molecule has 0 spiro atoms. The molecule has 0 saturated heterocycles. The molecule has 0 amide bonds. The fourth-order valence-electron chi connectivity index (χ4n) is 3.90. The summed E-state index contributed by atoms with van der Waals surface area (Å²) >= 11 is 6.09. The van der Waals surface area contributed by atoms with Gasteiger partial charge in [0.25, 0.3) is 0 Å². The molecule has 2 atom stereocenters. The molecule has 0 aliphatic carbocycles. The van der Waals surface area contributed by atoms with Gasteiger partial charge < -0.3 is 14.6 Å². The molecule has 0 saturated carbocycles. The van der Waals surface area contributed by atoms with Gasteiger partial charge in [-0.25, -0.2) is 0 Å². The van der Waals surface area contributed by atoms with E-state index in [4.69, 9.17) is 26.1 Å². The van der Waals surface area contributed by atoms with Crippen LogP contribution in [0.25, 0.3) is 0 Å². The van der Waals surface area contributed by atoms with Gasteiger partial charge in [0.2, 0.25) is 0 Å². The number of para-hydroxylation sites is 1. The highest BCUT2D eigenvalue weighted by Crippen LogP contribution is 2.39. The normalized spacial score (nSPS) is 18.2. The monoisotopic (exact) mass is 450 g/mol. The van der Waals surface area contributed by atoms with Gasteiger partial charge in [-0.05, 0) is 67.4 Å². The Morgan fingerprint density at radius 2 is 1.69 bits per heavy atom. The molecule has 32 heavy (non-hydrogen) atoms. The average Bonchev–Trinajstić information content (AvgIpc) is 2.81. The smallest absolute Gasteiger partial charge is 0.162 e. The Bertz CT molecular complexity index is 1080. The summed E-state index contributed by atoms with van der Waals surface area (Å²) in [5.74, 6) is 1.48. The summed E-state index contributed by atoms with van der Waals surface area (Å²) in [5.41, 5.74) is 3.77.